The first-order valence-corrected chi connectivity index (χ1v) is 5.93. The van der Waals surface area contributed by atoms with Gasteiger partial charge in [-0.05, 0) is 32.0 Å². The van der Waals surface area contributed by atoms with Gasteiger partial charge < -0.3 is 9.84 Å². The molecule has 0 saturated heterocycles. The van der Waals surface area contributed by atoms with E-state index in [0.717, 1.165) is 5.69 Å². The zero-order chi connectivity index (χ0) is 13.1. The van der Waals surface area contributed by atoms with E-state index < -0.39 is 0 Å². The third-order valence-corrected chi connectivity index (χ3v) is 2.71. The van der Waals surface area contributed by atoms with Crippen LogP contribution >= 0.6 is 0 Å². The number of nitrogens with one attached hydrogen (secondary N) is 1. The summed E-state index contributed by atoms with van der Waals surface area (Å²) in [5, 5.41) is 15.1. The van der Waals surface area contributed by atoms with Crippen LogP contribution in [-0.4, -0.2) is 27.4 Å². The first-order valence-electron chi connectivity index (χ1n) is 5.93. The van der Waals surface area contributed by atoms with E-state index >= 15 is 0 Å². The molecule has 18 heavy (non-hydrogen) atoms. The Morgan fingerprint density at radius 2 is 2.00 bits per heavy atom. The molecule has 0 aliphatic carbocycles. The second-order valence-corrected chi connectivity index (χ2v) is 4.53. The van der Waals surface area contributed by atoms with Crippen molar-refractivity contribution in [2.45, 2.75) is 26.8 Å². The minimum absolute atomic E-state index is 0.0460. The number of hydrogen-bond acceptors (Lipinski definition) is 6. The van der Waals surface area contributed by atoms with Gasteiger partial charge >= 0.3 is 0 Å². The molecule has 2 heterocycles. The number of nitrogens with zero attached hydrogens (tertiary/aromatic N) is 4. The molecule has 0 spiro atoms. The van der Waals surface area contributed by atoms with Gasteiger partial charge in [-0.25, -0.2) is 0 Å². The predicted octanol–water partition coefficient (Wildman–Crippen LogP) is 1.75. The Labute approximate surface area is 106 Å². The maximum atomic E-state index is 5.27. The summed E-state index contributed by atoms with van der Waals surface area (Å²) in [7, 11) is 1.88. The zero-order valence-electron chi connectivity index (χ0n) is 11.0. The van der Waals surface area contributed by atoms with Gasteiger partial charge in [0.15, 0.2) is 0 Å². The van der Waals surface area contributed by atoms with Crippen molar-refractivity contribution in [2.24, 2.45) is 5.92 Å². The topological polar surface area (TPSA) is 76.7 Å². The molecule has 1 N–H and O–H groups in total. The molecule has 2 rings (SSSR count). The normalized spacial score (nSPS) is 12.9. The minimum atomic E-state index is 0.0460. The van der Waals surface area contributed by atoms with E-state index in [0.29, 0.717) is 23.3 Å². The molecule has 0 amide bonds. The summed E-state index contributed by atoms with van der Waals surface area (Å²) in [6.07, 6.45) is 0. The molecule has 0 aliphatic heterocycles. The third-order valence-electron chi connectivity index (χ3n) is 2.71. The molecule has 6 heteroatoms. The Hall–Kier alpha value is -1.82. The lowest BCUT2D eigenvalue weighted by Gasteiger charge is -2.14. The van der Waals surface area contributed by atoms with Gasteiger partial charge in [-0.15, -0.1) is 5.10 Å². The Balaban J connectivity index is 2.27. The molecule has 0 unspecified atom stereocenters. The fourth-order valence-electron chi connectivity index (χ4n) is 1.73. The lowest BCUT2D eigenvalue weighted by molar-refractivity contribution is 0.300. The van der Waals surface area contributed by atoms with E-state index in [-0.39, 0.29) is 6.04 Å². The van der Waals surface area contributed by atoms with Gasteiger partial charge in [0.05, 0.1) is 11.7 Å². The minimum Gasteiger partial charge on any atom is -0.337 e. The lowest BCUT2D eigenvalue weighted by Crippen LogP contribution is -2.21. The Morgan fingerprint density at radius 3 is 2.56 bits per heavy atom. The maximum absolute atomic E-state index is 5.27. The van der Waals surface area contributed by atoms with E-state index in [4.69, 9.17) is 4.52 Å². The number of aromatic nitrogens is 4. The molecular formula is C12H17N5O. The van der Waals surface area contributed by atoms with Crippen LogP contribution in [0.3, 0.4) is 0 Å². The number of aryl methyl sites for hydroxylation is 1. The highest BCUT2D eigenvalue weighted by Crippen LogP contribution is 2.21. The van der Waals surface area contributed by atoms with E-state index in [9.17, 15) is 0 Å². The molecule has 2 aromatic rings. The molecule has 0 fully saturated rings. The summed E-state index contributed by atoms with van der Waals surface area (Å²) >= 11 is 0. The molecule has 6 nitrogen and oxygen atoms in total. The molecule has 0 saturated carbocycles. The summed E-state index contributed by atoms with van der Waals surface area (Å²) < 4.78 is 5.27. The van der Waals surface area contributed by atoms with Crippen LogP contribution in [-0.2, 0) is 0 Å². The lowest BCUT2D eigenvalue weighted by atomic mass is 10.1. The summed E-state index contributed by atoms with van der Waals surface area (Å²) in [5.41, 5.74) is 1.48. The molecule has 2 aromatic heterocycles. The predicted molar refractivity (Wildman–Crippen MR) is 66.7 cm³/mol. The van der Waals surface area contributed by atoms with Crippen LogP contribution in [0.15, 0.2) is 16.7 Å². The Morgan fingerprint density at radius 1 is 1.22 bits per heavy atom. The molecular weight excluding hydrogens is 230 g/mol. The Bertz CT molecular complexity index is 505. The van der Waals surface area contributed by atoms with E-state index in [1.165, 1.54) is 0 Å². The first kappa shape index (κ1) is 12.6. The fraction of sp³-hybridized carbons (Fsp3) is 0.500. The quantitative estimate of drug-likeness (QED) is 0.887. The van der Waals surface area contributed by atoms with Crippen molar-refractivity contribution in [1.82, 2.24) is 25.7 Å². The molecule has 96 valence electrons. The van der Waals surface area contributed by atoms with Crippen LogP contribution in [0.2, 0.25) is 0 Å². The third kappa shape index (κ3) is 2.53. The zero-order valence-corrected chi connectivity index (χ0v) is 11.0. The van der Waals surface area contributed by atoms with E-state index in [1.807, 2.05) is 26.1 Å². The Kier molecular flexibility index (Phi) is 3.66. The average Bonchev–Trinajstić information content (AvgIpc) is 2.80. The molecule has 0 bridgehead atoms. The largest absolute Gasteiger partial charge is 0.337 e. The summed E-state index contributed by atoms with van der Waals surface area (Å²) in [6, 6.07) is 3.75. The number of rotatable bonds is 4. The molecule has 0 aliphatic rings. The van der Waals surface area contributed by atoms with E-state index in [1.54, 1.807) is 0 Å². The van der Waals surface area contributed by atoms with Gasteiger partial charge in [-0.1, -0.05) is 19.0 Å². The van der Waals surface area contributed by atoms with Crippen LogP contribution in [0.5, 0.6) is 0 Å². The van der Waals surface area contributed by atoms with Crippen LogP contribution in [0.4, 0.5) is 0 Å². The van der Waals surface area contributed by atoms with Gasteiger partial charge in [0.25, 0.3) is 0 Å². The van der Waals surface area contributed by atoms with Gasteiger partial charge in [-0.2, -0.15) is 10.1 Å². The van der Waals surface area contributed by atoms with Crippen molar-refractivity contribution in [1.29, 1.82) is 0 Å². The monoisotopic (exact) mass is 247 g/mol. The smallest absolute Gasteiger partial charge is 0.244 e. The van der Waals surface area contributed by atoms with Gasteiger partial charge in [-0.3, -0.25) is 0 Å². The second-order valence-electron chi connectivity index (χ2n) is 4.53. The van der Waals surface area contributed by atoms with Gasteiger partial charge in [0.2, 0.25) is 11.7 Å². The second kappa shape index (κ2) is 5.22. The van der Waals surface area contributed by atoms with Crippen LogP contribution in [0.25, 0.3) is 11.5 Å². The highest BCUT2D eigenvalue weighted by atomic mass is 16.5. The van der Waals surface area contributed by atoms with Crippen LogP contribution in [0.1, 0.15) is 31.5 Å². The van der Waals surface area contributed by atoms with Crippen molar-refractivity contribution in [3.8, 4) is 11.5 Å². The SMILES string of the molecule is CN[C@H](c1nc(-c2ccc(C)nn2)no1)C(C)C. The van der Waals surface area contributed by atoms with Crippen LogP contribution < -0.4 is 5.32 Å². The standard InChI is InChI=1S/C12H17N5O/c1-7(2)10(13-4)12-14-11(17-18-12)9-6-5-8(3)15-16-9/h5-7,10,13H,1-4H3/t10-/m0/s1. The fourth-order valence-corrected chi connectivity index (χ4v) is 1.73. The summed E-state index contributed by atoms with van der Waals surface area (Å²) in [6.45, 7) is 6.07. The van der Waals surface area contributed by atoms with E-state index in [2.05, 4.69) is 39.5 Å². The van der Waals surface area contributed by atoms with Gasteiger partial charge in [0.1, 0.15) is 5.69 Å². The first-order chi connectivity index (χ1) is 8.61. The number of hydrogen-bond donors (Lipinski definition) is 1. The van der Waals surface area contributed by atoms with Crippen molar-refractivity contribution in [3.63, 3.8) is 0 Å². The van der Waals surface area contributed by atoms with Crippen molar-refractivity contribution in [2.75, 3.05) is 7.05 Å². The molecule has 1 atom stereocenters. The summed E-state index contributed by atoms with van der Waals surface area (Å²) in [5.74, 6) is 1.41. The van der Waals surface area contributed by atoms with Crippen molar-refractivity contribution >= 4 is 0 Å². The van der Waals surface area contributed by atoms with Crippen molar-refractivity contribution < 1.29 is 4.52 Å². The molecule has 0 aromatic carbocycles. The highest BCUT2D eigenvalue weighted by Gasteiger charge is 2.21. The average molecular weight is 247 g/mol. The van der Waals surface area contributed by atoms with Crippen molar-refractivity contribution in [3.05, 3.63) is 23.7 Å². The summed E-state index contributed by atoms with van der Waals surface area (Å²) in [4.78, 5) is 4.36. The maximum Gasteiger partial charge on any atom is 0.244 e. The molecule has 0 radical (unpaired) electrons. The van der Waals surface area contributed by atoms with Crippen LogP contribution in [0, 0.1) is 12.8 Å². The highest BCUT2D eigenvalue weighted by molar-refractivity contribution is 5.46. The van der Waals surface area contributed by atoms with Gasteiger partial charge in [0, 0.05) is 0 Å².